The van der Waals surface area contributed by atoms with E-state index in [2.05, 4.69) is 5.32 Å². The Balaban J connectivity index is 2.32. The van der Waals surface area contributed by atoms with Gasteiger partial charge in [-0.2, -0.15) is 0 Å². The highest BCUT2D eigenvalue weighted by Gasteiger charge is 2.48. The van der Waals surface area contributed by atoms with Gasteiger partial charge in [-0.1, -0.05) is 53.1 Å². The SMILES string of the molecule is CN1C(=O)Nc2ccc(Cl)cc2C1(C[S+](C)[O-])c1ccccc1. The van der Waals surface area contributed by atoms with Crippen LogP contribution >= 0.6 is 11.6 Å². The number of halogens is 1. The van der Waals surface area contributed by atoms with Gasteiger partial charge >= 0.3 is 6.03 Å². The summed E-state index contributed by atoms with van der Waals surface area (Å²) in [5, 5.41) is 3.44. The predicted octanol–water partition coefficient (Wildman–Crippen LogP) is 3.44. The Kier molecular flexibility index (Phi) is 4.27. The molecule has 0 fully saturated rings. The summed E-state index contributed by atoms with van der Waals surface area (Å²) in [4.78, 5) is 14.1. The number of urea groups is 1. The van der Waals surface area contributed by atoms with Crippen LogP contribution in [0.4, 0.5) is 10.5 Å². The zero-order valence-electron chi connectivity index (χ0n) is 12.9. The molecular formula is C17H17ClN2O2S. The van der Waals surface area contributed by atoms with Crippen LogP contribution in [0.5, 0.6) is 0 Å². The third kappa shape index (κ3) is 2.69. The molecule has 2 aromatic carbocycles. The number of carbonyl (C=O) groups excluding carboxylic acids is 1. The van der Waals surface area contributed by atoms with Gasteiger partial charge < -0.3 is 14.8 Å². The van der Waals surface area contributed by atoms with Crippen molar-refractivity contribution in [2.24, 2.45) is 0 Å². The van der Waals surface area contributed by atoms with E-state index in [4.69, 9.17) is 11.6 Å². The summed E-state index contributed by atoms with van der Waals surface area (Å²) in [7, 11) is 1.72. The fourth-order valence-corrected chi connectivity index (χ4v) is 4.41. The summed E-state index contributed by atoms with van der Waals surface area (Å²) in [6, 6.07) is 14.8. The zero-order valence-corrected chi connectivity index (χ0v) is 14.4. The van der Waals surface area contributed by atoms with E-state index in [1.807, 2.05) is 36.4 Å². The quantitative estimate of drug-likeness (QED) is 0.864. The van der Waals surface area contributed by atoms with Gasteiger partial charge in [-0.15, -0.1) is 0 Å². The Morgan fingerprint density at radius 3 is 2.61 bits per heavy atom. The molecule has 1 heterocycles. The third-order valence-electron chi connectivity index (χ3n) is 4.21. The second kappa shape index (κ2) is 6.07. The summed E-state index contributed by atoms with van der Waals surface area (Å²) in [6.07, 6.45) is 1.65. The van der Waals surface area contributed by atoms with Crippen LogP contribution in [0.2, 0.25) is 5.02 Å². The maximum atomic E-state index is 12.5. The van der Waals surface area contributed by atoms with Crippen molar-refractivity contribution in [2.45, 2.75) is 5.54 Å². The Hall–Kier alpha value is -1.69. The van der Waals surface area contributed by atoms with Crippen LogP contribution in [0.3, 0.4) is 0 Å². The van der Waals surface area contributed by atoms with Crippen molar-refractivity contribution in [3.8, 4) is 0 Å². The van der Waals surface area contributed by atoms with Crippen molar-refractivity contribution in [1.29, 1.82) is 0 Å². The van der Waals surface area contributed by atoms with E-state index in [0.29, 0.717) is 16.5 Å². The van der Waals surface area contributed by atoms with Crippen molar-refractivity contribution in [1.82, 2.24) is 4.90 Å². The van der Waals surface area contributed by atoms with Crippen molar-refractivity contribution in [3.63, 3.8) is 0 Å². The van der Waals surface area contributed by atoms with Crippen molar-refractivity contribution in [3.05, 3.63) is 64.7 Å². The number of carbonyl (C=O) groups is 1. The lowest BCUT2D eigenvalue weighted by molar-refractivity contribution is 0.176. The van der Waals surface area contributed by atoms with E-state index in [-0.39, 0.29) is 6.03 Å². The lowest BCUT2D eigenvalue weighted by Crippen LogP contribution is -2.56. The average molecular weight is 349 g/mol. The molecular weight excluding hydrogens is 332 g/mol. The Bertz CT molecular complexity index is 739. The van der Waals surface area contributed by atoms with Gasteiger partial charge in [-0.3, -0.25) is 0 Å². The van der Waals surface area contributed by atoms with Gasteiger partial charge in [0.1, 0.15) is 11.3 Å². The Morgan fingerprint density at radius 1 is 1.26 bits per heavy atom. The second-order valence-corrected chi connectivity index (χ2v) is 7.49. The van der Waals surface area contributed by atoms with E-state index in [1.54, 1.807) is 30.3 Å². The summed E-state index contributed by atoms with van der Waals surface area (Å²) in [6.45, 7) is 0. The average Bonchev–Trinajstić information content (AvgIpc) is 2.53. The van der Waals surface area contributed by atoms with Crippen LogP contribution in [0.25, 0.3) is 0 Å². The first-order chi connectivity index (χ1) is 10.9. The van der Waals surface area contributed by atoms with E-state index in [0.717, 1.165) is 11.1 Å². The number of amides is 2. The topological polar surface area (TPSA) is 55.4 Å². The molecule has 0 aromatic heterocycles. The summed E-state index contributed by atoms with van der Waals surface area (Å²) < 4.78 is 12.2. The molecule has 1 aliphatic rings. The maximum absolute atomic E-state index is 12.5. The van der Waals surface area contributed by atoms with E-state index in [9.17, 15) is 9.35 Å². The number of nitrogens with zero attached hydrogens (tertiary/aromatic N) is 1. The number of anilines is 1. The Morgan fingerprint density at radius 2 is 1.96 bits per heavy atom. The Labute approximate surface area is 143 Å². The molecule has 23 heavy (non-hydrogen) atoms. The zero-order chi connectivity index (χ0) is 16.6. The molecule has 1 N–H and O–H groups in total. The van der Waals surface area contributed by atoms with Crippen LogP contribution in [0, 0.1) is 0 Å². The molecule has 0 bridgehead atoms. The monoisotopic (exact) mass is 348 g/mol. The number of hydrogen-bond donors (Lipinski definition) is 1. The van der Waals surface area contributed by atoms with Gasteiger partial charge in [0.15, 0.2) is 0 Å². The van der Waals surface area contributed by atoms with Gasteiger partial charge in [0.05, 0.1) is 6.26 Å². The lowest BCUT2D eigenvalue weighted by atomic mass is 9.81. The molecule has 0 aliphatic carbocycles. The first-order valence-electron chi connectivity index (χ1n) is 7.15. The van der Waals surface area contributed by atoms with Crippen LogP contribution in [-0.2, 0) is 16.7 Å². The minimum atomic E-state index is -1.12. The number of nitrogens with one attached hydrogen (secondary N) is 1. The van der Waals surface area contributed by atoms with Gasteiger partial charge in [0.2, 0.25) is 0 Å². The van der Waals surface area contributed by atoms with Gasteiger partial charge in [-0.05, 0) is 23.8 Å². The van der Waals surface area contributed by atoms with Crippen LogP contribution < -0.4 is 5.32 Å². The van der Waals surface area contributed by atoms with E-state index in [1.165, 1.54) is 0 Å². The van der Waals surface area contributed by atoms with Crippen molar-refractivity contribution in [2.75, 3.05) is 24.4 Å². The summed E-state index contributed by atoms with van der Waals surface area (Å²) in [5.41, 5.74) is 1.65. The molecule has 120 valence electrons. The van der Waals surface area contributed by atoms with Crippen LogP contribution in [0.15, 0.2) is 48.5 Å². The molecule has 0 saturated carbocycles. The van der Waals surface area contributed by atoms with Crippen molar-refractivity contribution < 1.29 is 9.35 Å². The highest BCUT2D eigenvalue weighted by atomic mass is 35.5. The molecule has 0 spiro atoms. The van der Waals surface area contributed by atoms with Gasteiger partial charge in [-0.25, -0.2) is 4.79 Å². The normalized spacial score (nSPS) is 21.6. The predicted molar refractivity (Wildman–Crippen MR) is 94.4 cm³/mol. The number of hydrogen-bond acceptors (Lipinski definition) is 2. The highest BCUT2D eigenvalue weighted by molar-refractivity contribution is 7.90. The largest absolute Gasteiger partial charge is 0.616 e. The second-order valence-electron chi connectivity index (χ2n) is 5.62. The molecule has 4 nitrogen and oxygen atoms in total. The minimum Gasteiger partial charge on any atom is -0.616 e. The smallest absolute Gasteiger partial charge is 0.322 e. The molecule has 2 atom stereocenters. The molecule has 0 saturated heterocycles. The molecule has 2 amide bonds. The summed E-state index contributed by atoms with van der Waals surface area (Å²) in [5.74, 6) is 0.300. The van der Waals surface area contributed by atoms with Gasteiger partial charge in [0, 0.05) is 23.3 Å². The standard InChI is InChI=1S/C17H17ClN2O2S/c1-20-16(21)19-15-9-8-13(18)10-14(15)17(20,11-23(2)22)12-6-4-3-5-7-12/h3-10H,11H2,1-2H3,(H,19,21). The number of rotatable bonds is 3. The van der Waals surface area contributed by atoms with E-state index >= 15 is 0 Å². The van der Waals surface area contributed by atoms with Crippen LogP contribution in [0.1, 0.15) is 11.1 Å². The molecule has 3 rings (SSSR count). The van der Waals surface area contributed by atoms with Gasteiger partial charge in [0.25, 0.3) is 0 Å². The first kappa shape index (κ1) is 16.2. The molecule has 0 radical (unpaired) electrons. The fraction of sp³-hybridized carbons (Fsp3) is 0.235. The molecule has 2 aromatic rings. The molecule has 1 aliphatic heterocycles. The van der Waals surface area contributed by atoms with Crippen LogP contribution in [-0.4, -0.2) is 34.5 Å². The highest BCUT2D eigenvalue weighted by Crippen LogP contribution is 2.44. The number of benzene rings is 2. The minimum absolute atomic E-state index is 0.228. The molecule has 2 unspecified atom stereocenters. The van der Waals surface area contributed by atoms with Crippen molar-refractivity contribution >= 4 is 34.5 Å². The first-order valence-corrected chi connectivity index (χ1v) is 9.26. The summed E-state index contributed by atoms with van der Waals surface area (Å²) >= 11 is 5.09. The fourth-order valence-electron chi connectivity index (χ4n) is 3.14. The molecule has 6 heteroatoms. The maximum Gasteiger partial charge on any atom is 0.322 e. The van der Waals surface area contributed by atoms with E-state index < -0.39 is 16.7 Å². The third-order valence-corrected chi connectivity index (χ3v) is 5.27. The number of fused-ring (bicyclic) bond motifs is 1. The lowest BCUT2D eigenvalue weighted by Gasteiger charge is -2.45.